The minimum atomic E-state index is 0.517. The van der Waals surface area contributed by atoms with E-state index in [1.165, 1.54) is 42.6 Å². The van der Waals surface area contributed by atoms with Gasteiger partial charge in [-0.2, -0.15) is 0 Å². The summed E-state index contributed by atoms with van der Waals surface area (Å²) in [5.74, 6) is 1.69. The summed E-state index contributed by atoms with van der Waals surface area (Å²) in [6.07, 6.45) is 7.73. The van der Waals surface area contributed by atoms with Crippen LogP contribution in [0.5, 0.6) is 0 Å². The first-order valence-corrected chi connectivity index (χ1v) is 10.7. The van der Waals surface area contributed by atoms with Crippen molar-refractivity contribution in [3.8, 4) is 11.3 Å². The Hall–Kier alpha value is -3.01. The molecule has 2 aromatic heterocycles. The predicted octanol–water partition coefficient (Wildman–Crippen LogP) is 5.76. The molecule has 146 valence electrons. The quantitative estimate of drug-likeness (QED) is 0.441. The van der Waals surface area contributed by atoms with Gasteiger partial charge in [0.1, 0.15) is 23.4 Å². The van der Waals surface area contributed by atoms with Crippen LogP contribution in [-0.2, 0) is 13.0 Å². The summed E-state index contributed by atoms with van der Waals surface area (Å²) in [6, 6.07) is 19.3. The van der Waals surface area contributed by atoms with Crippen LogP contribution in [0.1, 0.15) is 55.5 Å². The molecule has 0 amide bonds. The lowest BCUT2D eigenvalue weighted by Gasteiger charge is -2.13. The van der Waals surface area contributed by atoms with Crippen LogP contribution in [0.25, 0.3) is 22.4 Å². The molecule has 1 saturated carbocycles. The molecule has 2 aromatic carbocycles. The smallest absolute Gasteiger partial charge is 0.164 e. The number of hydrogen-bond donors (Lipinski definition) is 0. The Morgan fingerprint density at radius 1 is 0.897 bits per heavy atom. The molecule has 2 heterocycles. The molecule has 29 heavy (non-hydrogen) atoms. The van der Waals surface area contributed by atoms with Crippen LogP contribution in [0.2, 0.25) is 0 Å². The van der Waals surface area contributed by atoms with Gasteiger partial charge in [-0.1, -0.05) is 74.4 Å². The molecule has 1 aliphatic carbocycles. The second-order valence-corrected chi connectivity index (χ2v) is 7.97. The largest absolute Gasteiger partial charge is 0.308 e. The SMILES string of the molecule is CCc1ccc(-c2ncnc3c2nc(C2CCCC2)n3Cc2ccccc2)cc1. The standard InChI is InChI=1S/C25H26N4/c1-2-18-12-14-20(15-13-18)22-23-25(27-17-26-22)29(16-19-8-4-3-5-9-19)24(28-23)21-10-6-7-11-21/h3-5,8-9,12-15,17,21H,2,6-7,10-11,16H2,1H3. The highest BCUT2D eigenvalue weighted by Crippen LogP contribution is 2.36. The van der Waals surface area contributed by atoms with Gasteiger partial charge in [-0.15, -0.1) is 0 Å². The van der Waals surface area contributed by atoms with Crippen LogP contribution >= 0.6 is 0 Å². The highest BCUT2D eigenvalue weighted by Gasteiger charge is 2.25. The zero-order chi connectivity index (χ0) is 19.6. The van der Waals surface area contributed by atoms with Crippen LogP contribution in [0.4, 0.5) is 0 Å². The molecular weight excluding hydrogens is 356 g/mol. The van der Waals surface area contributed by atoms with Crippen molar-refractivity contribution in [1.82, 2.24) is 19.5 Å². The van der Waals surface area contributed by atoms with Gasteiger partial charge in [-0.3, -0.25) is 0 Å². The Bertz CT molecular complexity index is 1110. The average Bonchev–Trinajstić information content (AvgIpc) is 3.43. The first-order valence-electron chi connectivity index (χ1n) is 10.7. The van der Waals surface area contributed by atoms with E-state index in [2.05, 4.69) is 76.1 Å². The Morgan fingerprint density at radius 3 is 2.38 bits per heavy atom. The number of rotatable bonds is 5. The van der Waals surface area contributed by atoms with Gasteiger partial charge in [-0.05, 0) is 30.4 Å². The maximum atomic E-state index is 5.15. The molecule has 0 radical (unpaired) electrons. The van der Waals surface area contributed by atoms with Crippen molar-refractivity contribution in [1.29, 1.82) is 0 Å². The summed E-state index contributed by atoms with van der Waals surface area (Å²) in [5, 5.41) is 0. The molecule has 0 unspecified atom stereocenters. The minimum absolute atomic E-state index is 0.517. The van der Waals surface area contributed by atoms with E-state index in [0.717, 1.165) is 35.4 Å². The number of fused-ring (bicyclic) bond motifs is 1. The van der Waals surface area contributed by atoms with E-state index in [9.17, 15) is 0 Å². The van der Waals surface area contributed by atoms with E-state index in [4.69, 9.17) is 4.98 Å². The second kappa shape index (κ2) is 7.78. The van der Waals surface area contributed by atoms with Gasteiger partial charge in [0.25, 0.3) is 0 Å². The molecular formula is C25H26N4. The van der Waals surface area contributed by atoms with Crippen LogP contribution in [0.3, 0.4) is 0 Å². The summed E-state index contributed by atoms with van der Waals surface area (Å²) < 4.78 is 2.33. The normalized spacial score (nSPS) is 14.7. The third kappa shape index (κ3) is 3.44. The van der Waals surface area contributed by atoms with Gasteiger partial charge in [-0.25, -0.2) is 15.0 Å². The van der Waals surface area contributed by atoms with Gasteiger partial charge in [0, 0.05) is 11.5 Å². The van der Waals surface area contributed by atoms with Crippen molar-refractivity contribution in [2.45, 2.75) is 51.5 Å². The second-order valence-electron chi connectivity index (χ2n) is 7.97. The van der Waals surface area contributed by atoms with Crippen molar-refractivity contribution in [2.24, 2.45) is 0 Å². The lowest BCUT2D eigenvalue weighted by atomic mass is 10.1. The summed E-state index contributed by atoms with van der Waals surface area (Å²) in [6.45, 7) is 2.98. The van der Waals surface area contributed by atoms with E-state index in [0.29, 0.717) is 5.92 Å². The molecule has 1 aliphatic rings. The van der Waals surface area contributed by atoms with E-state index in [-0.39, 0.29) is 0 Å². The molecule has 0 N–H and O–H groups in total. The third-order valence-electron chi connectivity index (χ3n) is 6.10. The molecule has 4 nitrogen and oxygen atoms in total. The summed E-state index contributed by atoms with van der Waals surface area (Å²) in [4.78, 5) is 14.5. The molecule has 5 rings (SSSR count). The van der Waals surface area contributed by atoms with Crippen LogP contribution < -0.4 is 0 Å². The summed E-state index contributed by atoms with van der Waals surface area (Å²) in [7, 11) is 0. The number of aromatic nitrogens is 4. The van der Waals surface area contributed by atoms with Crippen molar-refractivity contribution in [3.05, 3.63) is 77.9 Å². The van der Waals surface area contributed by atoms with E-state index in [1.54, 1.807) is 6.33 Å². The topological polar surface area (TPSA) is 43.6 Å². The number of nitrogens with zero attached hydrogens (tertiary/aromatic N) is 4. The first-order chi connectivity index (χ1) is 14.3. The lowest BCUT2D eigenvalue weighted by Crippen LogP contribution is -2.09. The molecule has 4 aromatic rings. The Balaban J connectivity index is 1.66. The molecule has 0 spiro atoms. The van der Waals surface area contributed by atoms with Gasteiger partial charge in [0.15, 0.2) is 5.65 Å². The third-order valence-corrected chi connectivity index (χ3v) is 6.10. The predicted molar refractivity (Wildman–Crippen MR) is 117 cm³/mol. The molecule has 0 aliphatic heterocycles. The fraction of sp³-hybridized carbons (Fsp3) is 0.320. The zero-order valence-electron chi connectivity index (χ0n) is 16.9. The van der Waals surface area contributed by atoms with E-state index >= 15 is 0 Å². The maximum Gasteiger partial charge on any atom is 0.164 e. The van der Waals surface area contributed by atoms with Crippen molar-refractivity contribution < 1.29 is 0 Å². The summed E-state index contributed by atoms with van der Waals surface area (Å²) in [5.41, 5.74) is 6.52. The monoisotopic (exact) mass is 382 g/mol. The molecule has 4 heteroatoms. The van der Waals surface area contributed by atoms with Gasteiger partial charge < -0.3 is 4.57 Å². The highest BCUT2D eigenvalue weighted by atomic mass is 15.1. The Labute approximate surface area is 171 Å². The molecule has 0 saturated heterocycles. The molecule has 0 bridgehead atoms. The fourth-order valence-electron chi connectivity index (χ4n) is 4.48. The Morgan fingerprint density at radius 2 is 1.66 bits per heavy atom. The number of hydrogen-bond acceptors (Lipinski definition) is 3. The van der Waals surface area contributed by atoms with Crippen molar-refractivity contribution in [2.75, 3.05) is 0 Å². The van der Waals surface area contributed by atoms with Crippen molar-refractivity contribution >= 4 is 11.2 Å². The number of aryl methyl sites for hydroxylation is 1. The Kier molecular flexibility index (Phi) is 4.84. The molecule has 0 atom stereocenters. The zero-order valence-corrected chi connectivity index (χ0v) is 16.9. The average molecular weight is 383 g/mol. The van der Waals surface area contributed by atoms with Crippen molar-refractivity contribution in [3.63, 3.8) is 0 Å². The summed E-state index contributed by atoms with van der Waals surface area (Å²) >= 11 is 0. The van der Waals surface area contributed by atoms with Crippen LogP contribution in [0.15, 0.2) is 60.9 Å². The van der Waals surface area contributed by atoms with Crippen LogP contribution in [0, 0.1) is 0 Å². The van der Waals surface area contributed by atoms with Gasteiger partial charge in [0.2, 0.25) is 0 Å². The number of imidazole rings is 1. The van der Waals surface area contributed by atoms with Gasteiger partial charge in [0.05, 0.1) is 6.54 Å². The van der Waals surface area contributed by atoms with Gasteiger partial charge >= 0.3 is 0 Å². The van der Waals surface area contributed by atoms with E-state index < -0.39 is 0 Å². The molecule has 1 fully saturated rings. The minimum Gasteiger partial charge on any atom is -0.308 e. The fourth-order valence-corrected chi connectivity index (χ4v) is 4.48. The number of benzene rings is 2. The first kappa shape index (κ1) is 18.0. The highest BCUT2D eigenvalue weighted by molar-refractivity contribution is 5.87. The van der Waals surface area contributed by atoms with Crippen LogP contribution in [-0.4, -0.2) is 19.5 Å². The maximum absolute atomic E-state index is 5.15. The lowest BCUT2D eigenvalue weighted by molar-refractivity contribution is 0.616. The van der Waals surface area contributed by atoms with E-state index in [1.807, 2.05) is 0 Å².